The number of carbonyl (C=O) groups is 2. The summed E-state index contributed by atoms with van der Waals surface area (Å²) < 4.78 is 0. The van der Waals surface area contributed by atoms with Crippen molar-refractivity contribution in [3.05, 3.63) is 47.5 Å². The molecular formula is C24H31NO4. The number of hydrogen-bond acceptors (Lipinski definition) is 3. The fraction of sp³-hybridized carbons (Fsp3) is 0.500. The van der Waals surface area contributed by atoms with Crippen molar-refractivity contribution in [3.8, 4) is 11.8 Å². The molecule has 1 amide bonds. The fourth-order valence-electron chi connectivity index (χ4n) is 3.47. The number of carboxylic acid groups (broad SMARTS) is 1. The van der Waals surface area contributed by atoms with E-state index in [4.69, 9.17) is 5.11 Å². The maximum Gasteiger partial charge on any atom is 0.335 e. The maximum absolute atomic E-state index is 12.3. The molecule has 2 rings (SSSR count). The molecule has 0 aliphatic carbocycles. The van der Waals surface area contributed by atoms with Gasteiger partial charge in [0.25, 0.3) is 0 Å². The van der Waals surface area contributed by atoms with Crippen LogP contribution < -0.4 is 0 Å². The average molecular weight is 398 g/mol. The predicted octanol–water partition coefficient (Wildman–Crippen LogP) is 3.67. The van der Waals surface area contributed by atoms with Crippen LogP contribution in [0.3, 0.4) is 0 Å². The Hall–Kier alpha value is -2.58. The molecular weight excluding hydrogens is 366 g/mol. The molecule has 1 saturated heterocycles. The van der Waals surface area contributed by atoms with Crippen LogP contribution in [0.5, 0.6) is 0 Å². The molecule has 5 heteroatoms. The van der Waals surface area contributed by atoms with Gasteiger partial charge in [0.1, 0.15) is 0 Å². The van der Waals surface area contributed by atoms with Gasteiger partial charge in [0.15, 0.2) is 0 Å². The topological polar surface area (TPSA) is 77.8 Å². The van der Waals surface area contributed by atoms with E-state index in [2.05, 4.69) is 11.8 Å². The first kappa shape index (κ1) is 22.7. The van der Waals surface area contributed by atoms with E-state index in [1.807, 2.05) is 30.9 Å². The molecule has 0 saturated carbocycles. The number of aliphatic hydroxyl groups is 1. The van der Waals surface area contributed by atoms with Crippen molar-refractivity contribution in [1.82, 2.24) is 4.90 Å². The van der Waals surface area contributed by atoms with Gasteiger partial charge in [-0.25, -0.2) is 4.79 Å². The van der Waals surface area contributed by atoms with Gasteiger partial charge in [0.05, 0.1) is 17.7 Å². The summed E-state index contributed by atoms with van der Waals surface area (Å²) in [4.78, 5) is 25.2. The number of aryl methyl sites for hydroxylation is 1. The van der Waals surface area contributed by atoms with E-state index in [-0.39, 0.29) is 23.4 Å². The van der Waals surface area contributed by atoms with Gasteiger partial charge in [-0.15, -0.1) is 11.8 Å². The Morgan fingerprint density at radius 3 is 2.90 bits per heavy atom. The van der Waals surface area contributed by atoms with Crippen LogP contribution in [0.1, 0.15) is 61.9 Å². The lowest BCUT2D eigenvalue weighted by Crippen LogP contribution is -2.33. The van der Waals surface area contributed by atoms with Crippen LogP contribution in [-0.4, -0.2) is 45.7 Å². The second-order valence-electron chi connectivity index (χ2n) is 7.57. The molecule has 1 aliphatic heterocycles. The summed E-state index contributed by atoms with van der Waals surface area (Å²) in [5.41, 5.74) is 1.24. The Kier molecular flexibility index (Phi) is 8.95. The third-order valence-electron chi connectivity index (χ3n) is 5.25. The number of carboxylic acids is 1. The molecule has 1 fully saturated rings. The van der Waals surface area contributed by atoms with Gasteiger partial charge < -0.3 is 15.1 Å². The monoisotopic (exact) mass is 397 g/mol. The number of carbonyl (C=O) groups excluding carboxylic acids is 1. The molecule has 1 aromatic rings. The molecule has 1 unspecified atom stereocenters. The molecule has 1 aromatic carbocycles. The SMILES string of the molecule is CCC#CC[C@H](C)[C@H](O)C=CC1CCC(=O)N1CCCc1cccc(C(=O)O)c1. The van der Waals surface area contributed by atoms with Crippen molar-refractivity contribution >= 4 is 11.9 Å². The Morgan fingerprint density at radius 1 is 1.38 bits per heavy atom. The molecule has 1 heterocycles. The first-order chi connectivity index (χ1) is 13.9. The molecule has 29 heavy (non-hydrogen) atoms. The van der Waals surface area contributed by atoms with E-state index in [0.717, 1.165) is 31.2 Å². The van der Waals surface area contributed by atoms with E-state index in [1.165, 1.54) is 0 Å². The zero-order chi connectivity index (χ0) is 21.2. The predicted molar refractivity (Wildman–Crippen MR) is 113 cm³/mol. The normalized spacial score (nSPS) is 18.5. The molecule has 0 radical (unpaired) electrons. The van der Waals surface area contributed by atoms with Crippen LogP contribution in [0.15, 0.2) is 36.4 Å². The molecule has 5 nitrogen and oxygen atoms in total. The van der Waals surface area contributed by atoms with E-state index in [9.17, 15) is 14.7 Å². The standard InChI is InChI=1S/C24H31NO4/c1-3-4-5-8-18(2)22(26)14-12-21-13-15-23(27)25(21)16-7-10-19-9-6-11-20(17-19)24(28)29/h6,9,11-12,14,17-18,21-22,26H,3,7-8,10,13,15-16H2,1-2H3,(H,28,29)/t18-,21?,22+/m0/s1. The maximum atomic E-state index is 12.3. The summed E-state index contributed by atoms with van der Waals surface area (Å²) in [7, 11) is 0. The van der Waals surface area contributed by atoms with Crippen molar-refractivity contribution in [1.29, 1.82) is 0 Å². The number of likely N-dealkylation sites (tertiary alicyclic amines) is 1. The van der Waals surface area contributed by atoms with Crippen LogP contribution >= 0.6 is 0 Å². The van der Waals surface area contributed by atoms with E-state index in [0.29, 0.717) is 19.4 Å². The summed E-state index contributed by atoms with van der Waals surface area (Å²) in [6.45, 7) is 4.60. The second kappa shape index (κ2) is 11.4. The second-order valence-corrected chi connectivity index (χ2v) is 7.57. The average Bonchev–Trinajstić information content (AvgIpc) is 3.06. The van der Waals surface area contributed by atoms with Gasteiger partial charge in [-0.05, 0) is 42.9 Å². The number of aromatic carboxylic acids is 1. The van der Waals surface area contributed by atoms with Gasteiger partial charge in [-0.3, -0.25) is 4.79 Å². The van der Waals surface area contributed by atoms with Crippen molar-refractivity contribution in [3.63, 3.8) is 0 Å². The third-order valence-corrected chi connectivity index (χ3v) is 5.25. The van der Waals surface area contributed by atoms with Gasteiger partial charge in [-0.1, -0.05) is 38.1 Å². The quantitative estimate of drug-likeness (QED) is 0.492. The Bertz CT molecular complexity index is 790. The minimum absolute atomic E-state index is 0.0106. The van der Waals surface area contributed by atoms with Crippen molar-refractivity contribution in [2.75, 3.05) is 6.54 Å². The van der Waals surface area contributed by atoms with Crippen molar-refractivity contribution < 1.29 is 19.8 Å². The Labute approximate surface area is 173 Å². The van der Waals surface area contributed by atoms with Crippen molar-refractivity contribution in [2.24, 2.45) is 5.92 Å². The lowest BCUT2D eigenvalue weighted by molar-refractivity contribution is -0.128. The lowest BCUT2D eigenvalue weighted by atomic mass is 10.00. The Balaban J connectivity index is 1.88. The Morgan fingerprint density at radius 2 is 2.17 bits per heavy atom. The number of rotatable bonds is 9. The summed E-state index contributed by atoms with van der Waals surface area (Å²) >= 11 is 0. The van der Waals surface area contributed by atoms with E-state index in [1.54, 1.807) is 24.3 Å². The number of nitrogens with zero attached hydrogens (tertiary/aromatic N) is 1. The first-order valence-corrected chi connectivity index (χ1v) is 10.4. The number of aliphatic hydroxyl groups excluding tert-OH is 1. The summed E-state index contributed by atoms with van der Waals surface area (Å²) in [6.07, 6.45) is 7.42. The first-order valence-electron chi connectivity index (χ1n) is 10.4. The highest BCUT2D eigenvalue weighted by Crippen LogP contribution is 2.22. The highest BCUT2D eigenvalue weighted by Gasteiger charge is 2.28. The van der Waals surface area contributed by atoms with Gasteiger partial charge in [0.2, 0.25) is 5.91 Å². The van der Waals surface area contributed by atoms with Crippen LogP contribution in [0.25, 0.3) is 0 Å². The van der Waals surface area contributed by atoms with Gasteiger partial charge in [0, 0.05) is 25.8 Å². The smallest absolute Gasteiger partial charge is 0.335 e. The van der Waals surface area contributed by atoms with Crippen molar-refractivity contribution in [2.45, 2.75) is 64.5 Å². The van der Waals surface area contributed by atoms with Crippen LogP contribution in [0.2, 0.25) is 0 Å². The van der Waals surface area contributed by atoms with Gasteiger partial charge in [-0.2, -0.15) is 0 Å². The number of hydrogen-bond donors (Lipinski definition) is 2. The number of amides is 1. The van der Waals surface area contributed by atoms with Crippen LogP contribution in [-0.2, 0) is 11.2 Å². The highest BCUT2D eigenvalue weighted by atomic mass is 16.4. The van der Waals surface area contributed by atoms with Crippen LogP contribution in [0, 0.1) is 17.8 Å². The minimum Gasteiger partial charge on any atom is -0.478 e. The largest absolute Gasteiger partial charge is 0.478 e. The molecule has 0 aromatic heterocycles. The third kappa shape index (κ3) is 7.07. The van der Waals surface area contributed by atoms with E-state index >= 15 is 0 Å². The molecule has 0 spiro atoms. The summed E-state index contributed by atoms with van der Waals surface area (Å²) in [5, 5.41) is 19.4. The summed E-state index contributed by atoms with van der Waals surface area (Å²) in [6, 6.07) is 6.94. The zero-order valence-electron chi connectivity index (χ0n) is 17.3. The molecule has 156 valence electrons. The van der Waals surface area contributed by atoms with Crippen LogP contribution in [0.4, 0.5) is 0 Å². The lowest BCUT2D eigenvalue weighted by Gasteiger charge is -2.23. The zero-order valence-corrected chi connectivity index (χ0v) is 17.3. The minimum atomic E-state index is -0.930. The molecule has 3 atom stereocenters. The van der Waals surface area contributed by atoms with Gasteiger partial charge >= 0.3 is 5.97 Å². The molecule has 2 N–H and O–H groups in total. The van der Waals surface area contributed by atoms with E-state index < -0.39 is 12.1 Å². The number of benzene rings is 1. The fourth-order valence-corrected chi connectivity index (χ4v) is 3.47. The molecule has 1 aliphatic rings. The highest BCUT2D eigenvalue weighted by molar-refractivity contribution is 5.87. The molecule has 0 bridgehead atoms. The summed E-state index contributed by atoms with van der Waals surface area (Å²) in [5.74, 6) is 5.35.